The summed E-state index contributed by atoms with van der Waals surface area (Å²) in [5.74, 6) is 0. The van der Waals surface area contributed by atoms with Gasteiger partial charge in [0.15, 0.2) is 0 Å². The van der Waals surface area contributed by atoms with Crippen LogP contribution in [0.15, 0.2) is 12.1 Å². The number of anilines is 1. The Hall–Kier alpha value is -0.980. The fourth-order valence-electron chi connectivity index (χ4n) is 2.20. The van der Waals surface area contributed by atoms with Crippen LogP contribution in [0.5, 0.6) is 0 Å². The smallest absolute Gasteiger partial charge is 0.0425 e. The molecule has 0 spiro atoms. The van der Waals surface area contributed by atoms with Gasteiger partial charge in [-0.25, -0.2) is 0 Å². The van der Waals surface area contributed by atoms with Gasteiger partial charge in [-0.15, -0.1) is 0 Å². The summed E-state index contributed by atoms with van der Waals surface area (Å²) in [7, 11) is 2.18. The second-order valence-corrected chi connectivity index (χ2v) is 6.41. The van der Waals surface area contributed by atoms with Crippen molar-refractivity contribution < 1.29 is 0 Å². The van der Waals surface area contributed by atoms with Gasteiger partial charge in [-0.2, -0.15) is 0 Å². The summed E-state index contributed by atoms with van der Waals surface area (Å²) >= 11 is 0. The molecule has 0 aliphatic rings. The molecule has 0 N–H and O–H groups in total. The van der Waals surface area contributed by atoms with Gasteiger partial charge in [-0.1, -0.05) is 32.9 Å². The lowest BCUT2D eigenvalue weighted by Gasteiger charge is -2.30. The average Bonchev–Trinajstić information content (AvgIpc) is 2.14. The molecule has 0 unspecified atom stereocenters. The van der Waals surface area contributed by atoms with Crippen molar-refractivity contribution in [3.8, 4) is 0 Å². The van der Waals surface area contributed by atoms with Crippen molar-refractivity contribution in [2.45, 2.75) is 59.9 Å². The Morgan fingerprint density at radius 2 is 1.41 bits per heavy atom. The predicted molar refractivity (Wildman–Crippen MR) is 78.2 cm³/mol. The summed E-state index contributed by atoms with van der Waals surface area (Å²) in [6, 6.07) is 5.20. The number of hydrogen-bond acceptors (Lipinski definition) is 1. The molecule has 0 heterocycles. The largest absolute Gasteiger partial charge is 0.372 e. The fourth-order valence-corrected chi connectivity index (χ4v) is 2.20. The van der Waals surface area contributed by atoms with Crippen molar-refractivity contribution in [3.05, 3.63) is 28.8 Å². The van der Waals surface area contributed by atoms with Crippen LogP contribution in [-0.4, -0.2) is 13.1 Å². The normalized spacial score (nSPS) is 12.1. The van der Waals surface area contributed by atoms with E-state index in [1.807, 2.05) is 0 Å². The van der Waals surface area contributed by atoms with Gasteiger partial charge in [0.25, 0.3) is 0 Å². The van der Waals surface area contributed by atoms with Crippen molar-refractivity contribution in [2.75, 3.05) is 11.9 Å². The van der Waals surface area contributed by atoms with Crippen LogP contribution in [0.25, 0.3) is 0 Å². The van der Waals surface area contributed by atoms with Gasteiger partial charge in [-0.05, 0) is 49.8 Å². The molecule has 0 aromatic heterocycles. The highest BCUT2D eigenvalue weighted by Crippen LogP contribution is 2.31. The third-order valence-corrected chi connectivity index (χ3v) is 3.48. The number of benzene rings is 1. The third kappa shape index (κ3) is 3.02. The minimum atomic E-state index is 0.227. The number of hydrogen-bond donors (Lipinski definition) is 0. The van der Waals surface area contributed by atoms with Crippen LogP contribution in [0, 0.1) is 13.8 Å². The second kappa shape index (κ2) is 4.72. The Morgan fingerprint density at radius 3 is 1.71 bits per heavy atom. The zero-order chi connectivity index (χ0) is 13.4. The molecule has 1 heteroatoms. The van der Waals surface area contributed by atoms with Crippen molar-refractivity contribution >= 4 is 5.69 Å². The van der Waals surface area contributed by atoms with Crippen LogP contribution in [0.4, 0.5) is 5.69 Å². The van der Waals surface area contributed by atoms with Gasteiger partial charge in [0.2, 0.25) is 0 Å². The molecule has 0 bridgehead atoms. The SMILES string of the molecule is Cc1cc(C(C)(C)C)cc(C)c1N(C)C(C)C. The lowest BCUT2D eigenvalue weighted by molar-refractivity contribution is 0.589. The highest BCUT2D eigenvalue weighted by Gasteiger charge is 2.18. The van der Waals surface area contributed by atoms with Crippen molar-refractivity contribution in [2.24, 2.45) is 0 Å². The third-order valence-electron chi connectivity index (χ3n) is 3.48. The molecule has 1 rings (SSSR count). The van der Waals surface area contributed by atoms with Gasteiger partial charge < -0.3 is 4.90 Å². The van der Waals surface area contributed by atoms with Crippen LogP contribution in [0.3, 0.4) is 0 Å². The van der Waals surface area contributed by atoms with E-state index in [9.17, 15) is 0 Å². The Morgan fingerprint density at radius 1 is 1.00 bits per heavy atom. The first-order valence-electron chi connectivity index (χ1n) is 6.49. The van der Waals surface area contributed by atoms with Gasteiger partial charge in [0.1, 0.15) is 0 Å². The van der Waals surface area contributed by atoms with E-state index in [-0.39, 0.29) is 5.41 Å². The van der Waals surface area contributed by atoms with E-state index in [4.69, 9.17) is 0 Å². The highest BCUT2D eigenvalue weighted by molar-refractivity contribution is 5.61. The van der Waals surface area contributed by atoms with Crippen molar-refractivity contribution in [1.29, 1.82) is 0 Å². The maximum atomic E-state index is 2.36. The van der Waals surface area contributed by atoms with Gasteiger partial charge in [-0.3, -0.25) is 0 Å². The molecule has 0 fully saturated rings. The number of nitrogens with zero attached hydrogens (tertiary/aromatic N) is 1. The summed E-state index contributed by atoms with van der Waals surface area (Å²) in [5.41, 5.74) is 5.79. The van der Waals surface area contributed by atoms with E-state index in [2.05, 4.69) is 72.5 Å². The quantitative estimate of drug-likeness (QED) is 0.729. The summed E-state index contributed by atoms with van der Waals surface area (Å²) < 4.78 is 0. The van der Waals surface area contributed by atoms with Gasteiger partial charge >= 0.3 is 0 Å². The molecule has 0 aliphatic heterocycles. The Bertz CT molecular complexity index is 373. The molecule has 1 nitrogen and oxygen atoms in total. The summed E-state index contributed by atoms with van der Waals surface area (Å²) in [5, 5.41) is 0. The highest BCUT2D eigenvalue weighted by atomic mass is 15.1. The van der Waals surface area contributed by atoms with Crippen LogP contribution < -0.4 is 4.90 Å². The van der Waals surface area contributed by atoms with Crippen LogP contribution in [0.1, 0.15) is 51.3 Å². The molecule has 96 valence electrons. The fraction of sp³-hybridized carbons (Fsp3) is 0.625. The molecule has 0 aliphatic carbocycles. The topological polar surface area (TPSA) is 3.24 Å². The minimum absolute atomic E-state index is 0.227. The van der Waals surface area contributed by atoms with E-state index in [0.717, 1.165) is 0 Å². The molecule has 17 heavy (non-hydrogen) atoms. The maximum Gasteiger partial charge on any atom is 0.0425 e. The maximum absolute atomic E-state index is 2.36. The van der Waals surface area contributed by atoms with Crippen molar-refractivity contribution in [3.63, 3.8) is 0 Å². The Labute approximate surface area is 107 Å². The molecular weight excluding hydrogens is 206 g/mol. The first-order chi connectivity index (χ1) is 7.64. The molecular formula is C16H27N. The summed E-state index contributed by atoms with van der Waals surface area (Å²) in [6.07, 6.45) is 0. The summed E-state index contributed by atoms with van der Waals surface area (Å²) in [4.78, 5) is 2.36. The van der Waals surface area contributed by atoms with E-state index in [0.29, 0.717) is 6.04 Å². The molecule has 0 saturated carbocycles. The zero-order valence-corrected chi connectivity index (χ0v) is 12.7. The van der Waals surface area contributed by atoms with E-state index in [1.54, 1.807) is 0 Å². The first-order valence-corrected chi connectivity index (χ1v) is 6.49. The van der Waals surface area contributed by atoms with E-state index < -0.39 is 0 Å². The predicted octanol–water partition coefficient (Wildman–Crippen LogP) is 4.45. The first kappa shape index (κ1) is 14.1. The van der Waals surface area contributed by atoms with Gasteiger partial charge in [0.05, 0.1) is 0 Å². The molecule has 1 aromatic carbocycles. The van der Waals surface area contributed by atoms with E-state index in [1.165, 1.54) is 22.4 Å². The molecule has 0 atom stereocenters. The number of rotatable bonds is 2. The average molecular weight is 233 g/mol. The van der Waals surface area contributed by atoms with Crippen molar-refractivity contribution in [1.82, 2.24) is 0 Å². The molecule has 0 saturated heterocycles. The Balaban J connectivity index is 3.29. The molecule has 0 radical (unpaired) electrons. The van der Waals surface area contributed by atoms with Crippen LogP contribution in [-0.2, 0) is 5.41 Å². The van der Waals surface area contributed by atoms with Gasteiger partial charge in [0, 0.05) is 18.8 Å². The minimum Gasteiger partial charge on any atom is -0.372 e. The zero-order valence-electron chi connectivity index (χ0n) is 12.7. The molecule has 0 amide bonds. The number of aryl methyl sites for hydroxylation is 2. The molecule has 1 aromatic rings. The van der Waals surface area contributed by atoms with Crippen LogP contribution >= 0.6 is 0 Å². The lowest BCUT2D eigenvalue weighted by atomic mass is 9.84. The second-order valence-electron chi connectivity index (χ2n) is 6.41. The lowest BCUT2D eigenvalue weighted by Crippen LogP contribution is -2.27. The summed E-state index contributed by atoms with van der Waals surface area (Å²) in [6.45, 7) is 15.7. The monoisotopic (exact) mass is 233 g/mol. The van der Waals surface area contributed by atoms with Crippen LogP contribution in [0.2, 0.25) is 0 Å². The Kier molecular flexibility index (Phi) is 3.91. The standard InChI is InChI=1S/C16H27N/c1-11(2)17(8)15-12(3)9-14(10-13(15)4)16(5,6)7/h9-11H,1-8H3. The van der Waals surface area contributed by atoms with E-state index >= 15 is 0 Å².